The number of nitrogens with one attached hydrogen (secondary N) is 1. The highest BCUT2D eigenvalue weighted by Gasteiger charge is 2.10. The van der Waals surface area contributed by atoms with Crippen molar-refractivity contribution in [2.45, 2.75) is 0 Å². The maximum atomic E-state index is 13.5. The van der Waals surface area contributed by atoms with Gasteiger partial charge in [-0.2, -0.15) is 5.10 Å². The topological polar surface area (TPSA) is 61.7 Å². The summed E-state index contributed by atoms with van der Waals surface area (Å²) in [5.41, 5.74) is 2.22. The fourth-order valence-electron chi connectivity index (χ4n) is 1.55. The van der Waals surface area contributed by atoms with Gasteiger partial charge in [-0.3, -0.25) is 4.79 Å². The molecule has 108 valence electrons. The number of hydrogen-bond acceptors (Lipinski definition) is 3. The molecule has 0 spiro atoms. The van der Waals surface area contributed by atoms with Crippen LogP contribution in [0.4, 0.5) is 4.39 Å². The van der Waals surface area contributed by atoms with E-state index in [2.05, 4.69) is 10.5 Å². The Labute approximate surface area is 129 Å². The normalized spacial score (nSPS) is 10.8. The van der Waals surface area contributed by atoms with Gasteiger partial charge in [0.2, 0.25) is 0 Å². The van der Waals surface area contributed by atoms with Gasteiger partial charge in [-0.1, -0.05) is 29.3 Å². The third kappa shape index (κ3) is 3.71. The van der Waals surface area contributed by atoms with Crippen LogP contribution in [0, 0.1) is 5.82 Å². The van der Waals surface area contributed by atoms with Gasteiger partial charge in [0.1, 0.15) is 11.6 Å². The first-order chi connectivity index (χ1) is 9.99. The molecule has 0 aliphatic heterocycles. The minimum Gasteiger partial charge on any atom is -0.507 e. The highest BCUT2D eigenvalue weighted by atomic mass is 35.5. The average Bonchev–Trinajstić information content (AvgIpc) is 2.42. The fourth-order valence-corrected chi connectivity index (χ4v) is 1.92. The summed E-state index contributed by atoms with van der Waals surface area (Å²) in [7, 11) is 0. The number of halogens is 3. The Bertz CT molecular complexity index is 700. The molecule has 0 aromatic heterocycles. The first-order valence-electron chi connectivity index (χ1n) is 5.75. The number of nitrogens with zero attached hydrogens (tertiary/aromatic N) is 1. The summed E-state index contributed by atoms with van der Waals surface area (Å²) in [4.78, 5) is 11.8. The van der Waals surface area contributed by atoms with Crippen molar-refractivity contribution < 1.29 is 14.3 Å². The van der Waals surface area contributed by atoms with Crippen LogP contribution >= 0.6 is 23.2 Å². The van der Waals surface area contributed by atoms with Gasteiger partial charge in [-0.25, -0.2) is 9.82 Å². The molecule has 2 aromatic rings. The molecule has 0 fully saturated rings. The second-order valence-electron chi connectivity index (χ2n) is 4.00. The molecule has 0 aliphatic carbocycles. The van der Waals surface area contributed by atoms with Crippen LogP contribution in [-0.2, 0) is 0 Å². The Kier molecular flexibility index (Phi) is 4.77. The number of rotatable bonds is 3. The van der Waals surface area contributed by atoms with Gasteiger partial charge in [-0.15, -0.1) is 0 Å². The molecule has 2 N–H and O–H groups in total. The number of aromatic hydroxyl groups is 1. The van der Waals surface area contributed by atoms with Crippen LogP contribution in [0.1, 0.15) is 15.9 Å². The van der Waals surface area contributed by atoms with E-state index in [9.17, 15) is 14.3 Å². The highest BCUT2D eigenvalue weighted by molar-refractivity contribution is 6.33. The van der Waals surface area contributed by atoms with Crippen molar-refractivity contribution in [1.29, 1.82) is 0 Å². The van der Waals surface area contributed by atoms with Gasteiger partial charge < -0.3 is 5.11 Å². The number of carbonyl (C=O) groups is 1. The molecule has 0 atom stereocenters. The number of carbonyl (C=O) groups excluding carboxylic acids is 1. The Hall–Kier alpha value is -2.11. The van der Waals surface area contributed by atoms with Gasteiger partial charge in [0.25, 0.3) is 5.91 Å². The first-order valence-corrected chi connectivity index (χ1v) is 6.50. The van der Waals surface area contributed by atoms with E-state index in [0.717, 1.165) is 6.21 Å². The van der Waals surface area contributed by atoms with E-state index in [0.29, 0.717) is 5.02 Å². The molecule has 21 heavy (non-hydrogen) atoms. The Balaban J connectivity index is 2.12. The molecular formula is C14H9Cl2FN2O2. The number of amides is 1. The van der Waals surface area contributed by atoms with Crippen molar-refractivity contribution >= 4 is 35.3 Å². The van der Waals surface area contributed by atoms with E-state index in [1.54, 1.807) is 0 Å². The zero-order chi connectivity index (χ0) is 15.4. The third-order valence-electron chi connectivity index (χ3n) is 2.56. The van der Waals surface area contributed by atoms with Crippen molar-refractivity contribution in [2.75, 3.05) is 0 Å². The van der Waals surface area contributed by atoms with E-state index < -0.39 is 11.7 Å². The molecule has 7 heteroatoms. The number of phenolic OH excluding ortho intramolecular Hbond substituents is 1. The van der Waals surface area contributed by atoms with Crippen molar-refractivity contribution in [1.82, 2.24) is 5.43 Å². The molecular weight excluding hydrogens is 318 g/mol. The largest absolute Gasteiger partial charge is 0.507 e. The summed E-state index contributed by atoms with van der Waals surface area (Å²) in [5, 5.41) is 13.7. The predicted octanol–water partition coefficient (Wildman–Crippen LogP) is 3.60. The minimum absolute atomic E-state index is 0.00354. The van der Waals surface area contributed by atoms with Crippen LogP contribution in [0.3, 0.4) is 0 Å². The molecule has 2 rings (SSSR count). The van der Waals surface area contributed by atoms with Crippen LogP contribution in [0.5, 0.6) is 5.75 Å². The van der Waals surface area contributed by atoms with Crippen LogP contribution in [-0.4, -0.2) is 17.2 Å². The summed E-state index contributed by atoms with van der Waals surface area (Å²) >= 11 is 11.5. The molecule has 0 unspecified atom stereocenters. The van der Waals surface area contributed by atoms with Crippen LogP contribution in [0.15, 0.2) is 41.5 Å². The Morgan fingerprint density at radius 2 is 2.05 bits per heavy atom. The summed E-state index contributed by atoms with van der Waals surface area (Å²) in [5.74, 6) is -1.50. The lowest BCUT2D eigenvalue weighted by molar-refractivity contribution is 0.0952. The van der Waals surface area contributed by atoms with E-state index >= 15 is 0 Å². The summed E-state index contributed by atoms with van der Waals surface area (Å²) < 4.78 is 13.5. The number of phenols is 1. The molecule has 0 aliphatic rings. The highest BCUT2D eigenvalue weighted by Crippen LogP contribution is 2.21. The second-order valence-corrected chi connectivity index (χ2v) is 4.84. The quantitative estimate of drug-likeness (QED) is 0.668. The van der Waals surface area contributed by atoms with Gasteiger partial charge in [0, 0.05) is 10.6 Å². The Morgan fingerprint density at radius 1 is 1.29 bits per heavy atom. The zero-order valence-electron chi connectivity index (χ0n) is 10.5. The predicted molar refractivity (Wildman–Crippen MR) is 79.6 cm³/mol. The molecule has 4 nitrogen and oxygen atoms in total. The summed E-state index contributed by atoms with van der Waals surface area (Å²) in [6.07, 6.45) is 1.09. The van der Waals surface area contributed by atoms with E-state index in [1.165, 1.54) is 36.4 Å². The molecule has 0 saturated heterocycles. The van der Waals surface area contributed by atoms with Gasteiger partial charge in [0.15, 0.2) is 0 Å². The maximum absolute atomic E-state index is 13.5. The van der Waals surface area contributed by atoms with Crippen LogP contribution in [0.25, 0.3) is 0 Å². The van der Waals surface area contributed by atoms with E-state index in [4.69, 9.17) is 23.2 Å². The van der Waals surface area contributed by atoms with Crippen molar-refractivity contribution in [2.24, 2.45) is 5.10 Å². The second kappa shape index (κ2) is 6.56. The van der Waals surface area contributed by atoms with E-state index in [1.807, 2.05) is 0 Å². The summed E-state index contributed by atoms with van der Waals surface area (Å²) in [6.45, 7) is 0. The van der Waals surface area contributed by atoms with Crippen LogP contribution in [0.2, 0.25) is 10.0 Å². The van der Waals surface area contributed by atoms with Gasteiger partial charge >= 0.3 is 0 Å². The SMILES string of the molecule is O=C(N/N=C\c1c(F)cccc1Cl)c1ccc(Cl)cc1O. The molecule has 2 aromatic carbocycles. The van der Waals surface area contributed by atoms with Crippen molar-refractivity contribution in [3.05, 3.63) is 63.4 Å². The number of benzene rings is 2. The maximum Gasteiger partial charge on any atom is 0.275 e. The van der Waals surface area contributed by atoms with Crippen molar-refractivity contribution in [3.8, 4) is 5.75 Å². The number of hydrazone groups is 1. The smallest absolute Gasteiger partial charge is 0.275 e. The molecule has 0 saturated carbocycles. The lowest BCUT2D eigenvalue weighted by Gasteiger charge is -2.03. The van der Waals surface area contributed by atoms with Crippen LogP contribution < -0.4 is 5.43 Å². The van der Waals surface area contributed by atoms with Gasteiger partial charge in [-0.05, 0) is 30.3 Å². The monoisotopic (exact) mass is 326 g/mol. The fraction of sp³-hybridized carbons (Fsp3) is 0. The third-order valence-corrected chi connectivity index (χ3v) is 3.13. The molecule has 0 heterocycles. The first kappa shape index (κ1) is 15.3. The molecule has 0 radical (unpaired) electrons. The Morgan fingerprint density at radius 3 is 2.71 bits per heavy atom. The van der Waals surface area contributed by atoms with Crippen molar-refractivity contribution in [3.63, 3.8) is 0 Å². The van der Waals surface area contributed by atoms with E-state index in [-0.39, 0.29) is 21.9 Å². The lowest BCUT2D eigenvalue weighted by atomic mass is 10.2. The number of hydrogen-bond donors (Lipinski definition) is 2. The average molecular weight is 327 g/mol. The lowest BCUT2D eigenvalue weighted by Crippen LogP contribution is -2.17. The molecule has 1 amide bonds. The zero-order valence-corrected chi connectivity index (χ0v) is 12.0. The summed E-state index contributed by atoms with van der Waals surface area (Å²) in [6, 6.07) is 8.21. The standard InChI is InChI=1S/C14H9Cl2FN2O2/c15-8-4-5-9(13(20)6-8)14(21)19-18-7-10-11(16)2-1-3-12(10)17/h1-7,20H,(H,19,21)/b18-7-. The molecule has 0 bridgehead atoms. The minimum atomic E-state index is -0.659. The van der Waals surface area contributed by atoms with Gasteiger partial charge in [0.05, 0.1) is 16.8 Å².